The van der Waals surface area contributed by atoms with Crippen LogP contribution in [0.5, 0.6) is 0 Å². The van der Waals surface area contributed by atoms with Gasteiger partial charge in [-0.2, -0.15) is 0 Å². The predicted molar refractivity (Wildman–Crippen MR) is 164 cm³/mol. The van der Waals surface area contributed by atoms with Gasteiger partial charge in [0.15, 0.2) is 13.7 Å². The Bertz CT molecular complexity index is 1200. The average molecular weight is 693 g/mol. The molecule has 0 saturated carbocycles. The van der Waals surface area contributed by atoms with E-state index in [0.29, 0.717) is 18.2 Å². The highest BCUT2D eigenvalue weighted by Crippen LogP contribution is 2.27. The molecular formula is C28H49N7O13. The lowest BCUT2D eigenvalue weighted by atomic mass is 9.94. The van der Waals surface area contributed by atoms with Crippen LogP contribution in [0.3, 0.4) is 0 Å². The fourth-order valence-corrected chi connectivity index (χ4v) is 4.81. The maximum atomic E-state index is 13.3. The van der Waals surface area contributed by atoms with Crippen molar-refractivity contribution in [2.45, 2.75) is 121 Å². The van der Waals surface area contributed by atoms with Crippen LogP contribution in [0.4, 0.5) is 0 Å². The molecule has 274 valence electrons. The predicted octanol–water partition coefficient (Wildman–Crippen LogP) is -4.56. The first-order valence-electron chi connectivity index (χ1n) is 15.8. The van der Waals surface area contributed by atoms with Crippen molar-refractivity contribution in [1.29, 1.82) is 0 Å². The monoisotopic (exact) mass is 692 g/mol. The van der Waals surface area contributed by atoms with Crippen molar-refractivity contribution >= 4 is 41.5 Å². The van der Waals surface area contributed by atoms with Gasteiger partial charge in [-0.3, -0.25) is 28.8 Å². The molecule has 20 nitrogen and oxygen atoms in total. The molecule has 0 bridgehead atoms. The van der Waals surface area contributed by atoms with Crippen molar-refractivity contribution in [1.82, 2.24) is 20.8 Å². The number of hydrogen-bond donors (Lipinski definition) is 10. The van der Waals surface area contributed by atoms with E-state index in [1.165, 1.54) is 20.8 Å². The van der Waals surface area contributed by atoms with E-state index in [4.69, 9.17) is 33.2 Å². The summed E-state index contributed by atoms with van der Waals surface area (Å²) in [6.07, 6.45) is -7.71. The molecule has 13 N–H and O–H groups in total. The second-order valence-electron chi connectivity index (χ2n) is 11.4. The normalized spacial score (nSPS) is 24.1. The molecule has 0 spiro atoms. The summed E-state index contributed by atoms with van der Waals surface area (Å²) in [6.45, 7) is 4.14. The second kappa shape index (κ2) is 19.8. The van der Waals surface area contributed by atoms with Gasteiger partial charge >= 0.3 is 11.9 Å². The minimum absolute atomic E-state index is 0.0142. The van der Waals surface area contributed by atoms with Crippen molar-refractivity contribution in [3.8, 4) is 0 Å². The smallest absolute Gasteiger partial charge is 0.332 e. The molecule has 10 atom stereocenters. The molecule has 1 fully saturated rings. The van der Waals surface area contributed by atoms with Gasteiger partial charge in [0.1, 0.15) is 42.5 Å². The van der Waals surface area contributed by atoms with Gasteiger partial charge in [0, 0.05) is 13.3 Å². The number of aliphatic carboxylic acids is 2. The molecule has 0 aliphatic carbocycles. The van der Waals surface area contributed by atoms with Crippen molar-refractivity contribution in [2.24, 2.45) is 17.2 Å². The number of amides is 5. The summed E-state index contributed by atoms with van der Waals surface area (Å²) >= 11 is 0. The number of nitrogens with zero attached hydrogens (tertiary/aromatic N) is 1. The molecule has 1 unspecified atom stereocenters. The largest absolute Gasteiger partial charge is 0.480 e. The number of hydrogen-bond acceptors (Lipinski definition) is 13. The Morgan fingerprint density at radius 1 is 0.979 bits per heavy atom. The molecule has 0 radical (unpaired) electrons. The number of ether oxygens (including phenoxy) is 2. The van der Waals surface area contributed by atoms with Crippen LogP contribution in [0, 0.1) is 0 Å². The highest BCUT2D eigenvalue weighted by Gasteiger charge is 2.49. The summed E-state index contributed by atoms with van der Waals surface area (Å²) in [7, 11) is 0. The first kappa shape index (κ1) is 40.2. The average Bonchev–Trinajstić information content (AvgIpc) is 3.02. The summed E-state index contributed by atoms with van der Waals surface area (Å²) in [6, 6.07) is -7.10. The third kappa shape index (κ3) is 12.3. The van der Waals surface area contributed by atoms with Crippen molar-refractivity contribution in [2.75, 3.05) is 13.2 Å². The highest BCUT2D eigenvalue weighted by molar-refractivity contribution is 5.92. The number of unbranched alkanes of at least 4 members (excludes halogenated alkanes) is 1. The van der Waals surface area contributed by atoms with Crippen LogP contribution in [-0.4, -0.2) is 141 Å². The molecule has 0 aromatic rings. The van der Waals surface area contributed by atoms with Crippen molar-refractivity contribution < 1.29 is 64.9 Å². The molecular weight excluding hydrogens is 642 g/mol. The molecule has 48 heavy (non-hydrogen) atoms. The fourth-order valence-electron chi connectivity index (χ4n) is 4.81. The highest BCUT2D eigenvalue weighted by atomic mass is 16.6. The maximum Gasteiger partial charge on any atom is 0.332 e. The van der Waals surface area contributed by atoms with Gasteiger partial charge in [-0.1, -0.05) is 0 Å². The molecule has 1 saturated heterocycles. The van der Waals surface area contributed by atoms with Crippen LogP contribution in [0.15, 0.2) is 0 Å². The standard InChI is InChI=1S/C28H49N7O13/c1-12(27(43)44)32-25(42)17(7-5-6-10-29)33-19(38)9-8-16(23(31)40)34-24(41)13(2)35(15(4)37)26-20(30)22(47-14(3)28(45)46)21(39)18(11-36)48-26/h12-14,16-18,20-22,26,36,39H,5-11,29-30H2,1-4H3,(H2,31,40)(H,32,42)(H,33,38)(H,34,41)(H,43,44)(H,45,46)/t12-,13-,14+,16+,17-,18+,20+,21+,22+,26?/m0/s1/i/hD. The molecule has 1 heterocycles. The number of primary amides is 1. The van der Waals surface area contributed by atoms with Crippen LogP contribution < -0.4 is 33.1 Å². The first-order valence-corrected chi connectivity index (χ1v) is 15.3. The van der Waals surface area contributed by atoms with Crippen LogP contribution in [0.2, 0.25) is 1.41 Å². The zero-order chi connectivity index (χ0) is 37.7. The minimum atomic E-state index is -1.61. The van der Waals surface area contributed by atoms with E-state index in [9.17, 15) is 48.9 Å². The minimum Gasteiger partial charge on any atom is -0.480 e. The van der Waals surface area contributed by atoms with Crippen LogP contribution in [-0.2, 0) is 43.0 Å². The van der Waals surface area contributed by atoms with E-state index in [1.807, 2.05) is 0 Å². The Morgan fingerprint density at radius 2 is 1.60 bits per heavy atom. The third-order valence-corrected chi connectivity index (χ3v) is 7.63. The zero-order valence-corrected chi connectivity index (χ0v) is 27.3. The Morgan fingerprint density at radius 3 is 2.10 bits per heavy atom. The molecule has 1 rings (SSSR count). The number of aliphatic hydroxyl groups is 2. The lowest BCUT2D eigenvalue weighted by Crippen LogP contribution is -2.70. The zero-order valence-electron chi connectivity index (χ0n) is 28.3. The first-order chi connectivity index (χ1) is 22.8. The number of aliphatic hydroxyl groups excluding tert-OH is 2. The molecule has 5 amide bonds. The molecule has 0 aromatic carbocycles. The maximum absolute atomic E-state index is 13.3. The van der Waals surface area contributed by atoms with Crippen molar-refractivity contribution in [3.63, 3.8) is 0 Å². The van der Waals surface area contributed by atoms with Gasteiger partial charge in [0.25, 0.3) is 0 Å². The number of nitrogens with one attached hydrogen (secondary N) is 3. The van der Waals surface area contributed by atoms with E-state index in [0.717, 1.165) is 11.8 Å². The van der Waals surface area contributed by atoms with Gasteiger partial charge in [-0.05, 0) is 53.0 Å². The van der Waals surface area contributed by atoms with Gasteiger partial charge in [-0.25, -0.2) is 4.79 Å². The Kier molecular flexibility index (Phi) is 16.6. The third-order valence-electron chi connectivity index (χ3n) is 7.63. The van der Waals surface area contributed by atoms with Crippen LogP contribution in [0.1, 0.15) is 59.8 Å². The molecule has 0 aromatic heterocycles. The molecule has 1 aliphatic heterocycles. The van der Waals surface area contributed by atoms with E-state index in [-0.39, 0.29) is 13.0 Å². The number of nitrogens with two attached hydrogens (primary N) is 3. The Hall–Kier alpha value is -3.95. The van der Waals surface area contributed by atoms with Crippen LogP contribution in [0.25, 0.3) is 0 Å². The molecule has 20 heteroatoms. The number of carbonyl (C=O) groups is 7. The summed E-state index contributed by atoms with van der Waals surface area (Å²) < 4.78 is 19.3. The second-order valence-corrected chi connectivity index (χ2v) is 11.4. The lowest BCUT2D eigenvalue weighted by Gasteiger charge is -2.48. The van der Waals surface area contributed by atoms with Gasteiger partial charge in [0.05, 0.1) is 12.6 Å². The van der Waals surface area contributed by atoms with Crippen molar-refractivity contribution in [3.05, 3.63) is 0 Å². The topological polar surface area (TPSA) is 336 Å². The quantitative estimate of drug-likeness (QED) is 0.0537. The van der Waals surface area contributed by atoms with E-state index < -0.39 is 122 Å². The number of carboxylic acid groups (broad SMARTS) is 2. The fraction of sp³-hybridized carbons (Fsp3) is 0.750. The SMILES string of the molecule is [2H]N(C(=O)CC[C@@H](NC(=O)[C@H](C)N(C(C)=O)C1O[C@H](CO)[C@@H](O)[C@H](O[C@H](C)C(=O)O)[C@H]1N)C(N)=O)[C@@H](CCCCN)C(=O)N[C@@H](C)C(=O)O. The van der Waals surface area contributed by atoms with E-state index in [1.54, 1.807) is 0 Å². The number of carbonyl (C=O) groups excluding carboxylic acids is 5. The Balaban J connectivity index is 3.13. The molecule has 1 aliphatic rings. The van der Waals surface area contributed by atoms with E-state index >= 15 is 0 Å². The number of rotatable bonds is 20. The van der Waals surface area contributed by atoms with Gasteiger partial charge in [-0.15, -0.1) is 0 Å². The van der Waals surface area contributed by atoms with Gasteiger partial charge < -0.3 is 67.9 Å². The number of carboxylic acids is 2. The van der Waals surface area contributed by atoms with E-state index in [2.05, 4.69) is 10.6 Å². The van der Waals surface area contributed by atoms with Gasteiger partial charge in [0.2, 0.25) is 29.5 Å². The summed E-state index contributed by atoms with van der Waals surface area (Å²) in [4.78, 5) is 87.5. The summed E-state index contributed by atoms with van der Waals surface area (Å²) in [5.74, 6) is -7.41. The van der Waals surface area contributed by atoms with Crippen LogP contribution >= 0.6 is 0 Å². The Labute approximate surface area is 278 Å². The summed E-state index contributed by atoms with van der Waals surface area (Å²) in [5, 5.41) is 43.6. The summed E-state index contributed by atoms with van der Waals surface area (Å²) in [5.41, 5.74) is 17.2. The lowest BCUT2D eigenvalue weighted by molar-refractivity contribution is -0.245.